The number of piperidine rings is 1. The van der Waals surface area contributed by atoms with Gasteiger partial charge in [0.2, 0.25) is 5.91 Å². The van der Waals surface area contributed by atoms with Crippen LogP contribution in [0.1, 0.15) is 41.0 Å². The third kappa shape index (κ3) is 5.07. The Balaban J connectivity index is 2.58. The Morgan fingerprint density at radius 2 is 1.94 bits per heavy atom. The van der Waals surface area contributed by atoms with Crippen LogP contribution in [0.25, 0.3) is 0 Å². The van der Waals surface area contributed by atoms with Crippen molar-refractivity contribution in [2.24, 2.45) is 17.8 Å². The molecule has 1 rings (SSSR count). The van der Waals surface area contributed by atoms with Gasteiger partial charge in [0.25, 0.3) is 0 Å². The lowest BCUT2D eigenvalue weighted by Crippen LogP contribution is -2.52. The van der Waals surface area contributed by atoms with E-state index in [0.29, 0.717) is 23.8 Å². The van der Waals surface area contributed by atoms with Gasteiger partial charge in [-0.05, 0) is 24.2 Å². The number of carbonyl (C=O) groups excluding carboxylic acids is 1. The van der Waals surface area contributed by atoms with E-state index in [0.717, 1.165) is 19.5 Å². The number of nitrogens with one attached hydrogen (secondary N) is 1. The summed E-state index contributed by atoms with van der Waals surface area (Å²) in [7, 11) is 0. The number of hydrogen-bond acceptors (Lipinski definition) is 2. The van der Waals surface area contributed by atoms with Crippen molar-refractivity contribution in [2.75, 3.05) is 19.6 Å². The Morgan fingerprint density at radius 1 is 1.29 bits per heavy atom. The van der Waals surface area contributed by atoms with E-state index in [9.17, 15) is 4.79 Å². The molecular formula is C14H28N2O. The van der Waals surface area contributed by atoms with Crippen LogP contribution in [0, 0.1) is 17.8 Å². The Labute approximate surface area is 106 Å². The first kappa shape index (κ1) is 14.5. The molecule has 0 spiro atoms. The number of carbonyl (C=O) groups is 1. The molecule has 1 fully saturated rings. The second-order valence-electron chi connectivity index (χ2n) is 6.25. The maximum Gasteiger partial charge on any atom is 0.217 e. The summed E-state index contributed by atoms with van der Waals surface area (Å²) in [6.07, 6.45) is 1.13. The second kappa shape index (κ2) is 6.39. The zero-order chi connectivity index (χ0) is 13.0. The maximum absolute atomic E-state index is 11.2. The van der Waals surface area contributed by atoms with Gasteiger partial charge in [-0.15, -0.1) is 0 Å². The summed E-state index contributed by atoms with van der Waals surface area (Å²) in [4.78, 5) is 13.7. The number of rotatable bonds is 4. The number of likely N-dealkylation sites (tertiary alicyclic amines) is 1. The van der Waals surface area contributed by atoms with Gasteiger partial charge in [0.1, 0.15) is 0 Å². The lowest BCUT2D eigenvalue weighted by molar-refractivity contribution is -0.120. The van der Waals surface area contributed by atoms with Crippen molar-refractivity contribution in [3.05, 3.63) is 0 Å². The molecule has 0 radical (unpaired) electrons. The highest BCUT2D eigenvalue weighted by Crippen LogP contribution is 2.24. The lowest BCUT2D eigenvalue weighted by Gasteiger charge is -2.40. The molecule has 100 valence electrons. The Bertz CT molecular complexity index is 251. The Kier molecular flexibility index (Phi) is 5.44. The van der Waals surface area contributed by atoms with E-state index >= 15 is 0 Å². The van der Waals surface area contributed by atoms with E-state index in [1.807, 2.05) is 0 Å². The summed E-state index contributed by atoms with van der Waals surface area (Å²) >= 11 is 0. The van der Waals surface area contributed by atoms with Crippen LogP contribution in [0.15, 0.2) is 0 Å². The minimum Gasteiger partial charge on any atom is -0.352 e. The third-order valence-corrected chi connectivity index (χ3v) is 3.53. The van der Waals surface area contributed by atoms with E-state index in [1.54, 1.807) is 6.92 Å². The number of amides is 1. The van der Waals surface area contributed by atoms with Gasteiger partial charge in [0, 0.05) is 32.6 Å². The van der Waals surface area contributed by atoms with Crippen molar-refractivity contribution in [3.63, 3.8) is 0 Å². The highest BCUT2D eigenvalue weighted by Gasteiger charge is 2.29. The number of nitrogens with zero attached hydrogens (tertiary/aromatic N) is 1. The molecule has 1 heterocycles. The molecule has 0 aromatic carbocycles. The Morgan fingerprint density at radius 3 is 2.41 bits per heavy atom. The molecule has 1 aliphatic heterocycles. The van der Waals surface area contributed by atoms with Gasteiger partial charge in [0.05, 0.1) is 0 Å². The first-order valence-corrected chi connectivity index (χ1v) is 6.88. The molecule has 2 atom stereocenters. The summed E-state index contributed by atoms with van der Waals surface area (Å²) in [5, 5.41) is 3.09. The monoisotopic (exact) mass is 240 g/mol. The molecule has 3 heteroatoms. The van der Waals surface area contributed by atoms with Crippen molar-refractivity contribution < 1.29 is 4.79 Å². The summed E-state index contributed by atoms with van der Waals surface area (Å²) in [5.41, 5.74) is 0. The van der Waals surface area contributed by atoms with Crippen molar-refractivity contribution in [1.29, 1.82) is 0 Å². The van der Waals surface area contributed by atoms with Gasteiger partial charge in [-0.3, -0.25) is 4.79 Å². The van der Waals surface area contributed by atoms with Gasteiger partial charge in [-0.2, -0.15) is 0 Å². The van der Waals surface area contributed by atoms with E-state index in [4.69, 9.17) is 0 Å². The fourth-order valence-electron chi connectivity index (χ4n) is 2.77. The molecule has 1 aliphatic rings. The Hall–Kier alpha value is -0.570. The summed E-state index contributed by atoms with van der Waals surface area (Å²) in [6.45, 7) is 14.0. The minimum absolute atomic E-state index is 0.101. The molecule has 0 aromatic heterocycles. The zero-order valence-electron chi connectivity index (χ0n) is 12.0. The first-order chi connectivity index (χ1) is 7.88. The fraction of sp³-hybridized carbons (Fsp3) is 0.929. The van der Waals surface area contributed by atoms with Crippen LogP contribution in [-0.2, 0) is 4.79 Å². The van der Waals surface area contributed by atoms with Crippen LogP contribution in [0.2, 0.25) is 0 Å². The van der Waals surface area contributed by atoms with E-state index in [1.165, 1.54) is 6.54 Å². The molecular weight excluding hydrogens is 212 g/mol. The third-order valence-electron chi connectivity index (χ3n) is 3.53. The zero-order valence-corrected chi connectivity index (χ0v) is 12.0. The predicted octanol–water partition coefficient (Wildman–Crippen LogP) is 2.12. The molecule has 1 saturated heterocycles. The average Bonchev–Trinajstić information content (AvgIpc) is 2.14. The topological polar surface area (TPSA) is 32.3 Å². The van der Waals surface area contributed by atoms with Gasteiger partial charge in [-0.1, -0.05) is 27.7 Å². The second-order valence-corrected chi connectivity index (χ2v) is 6.25. The summed E-state index contributed by atoms with van der Waals surface area (Å²) in [6, 6.07) is 0.340. The molecule has 2 unspecified atom stereocenters. The largest absolute Gasteiger partial charge is 0.352 e. The van der Waals surface area contributed by atoms with Crippen LogP contribution >= 0.6 is 0 Å². The van der Waals surface area contributed by atoms with Gasteiger partial charge in [0.15, 0.2) is 0 Å². The molecule has 1 amide bonds. The SMILES string of the molecule is CC(=O)NC1CC(C(C)C)CN(CC(C)C)C1. The van der Waals surface area contributed by atoms with Crippen molar-refractivity contribution >= 4 is 5.91 Å². The molecule has 3 nitrogen and oxygen atoms in total. The van der Waals surface area contributed by atoms with Gasteiger partial charge >= 0.3 is 0 Å². The summed E-state index contributed by atoms with van der Waals surface area (Å²) < 4.78 is 0. The molecule has 1 N–H and O–H groups in total. The van der Waals surface area contributed by atoms with Crippen molar-refractivity contribution in [2.45, 2.75) is 47.1 Å². The van der Waals surface area contributed by atoms with Crippen molar-refractivity contribution in [3.8, 4) is 0 Å². The molecule has 0 aliphatic carbocycles. The molecule has 0 saturated carbocycles. The lowest BCUT2D eigenvalue weighted by atomic mass is 9.85. The molecule has 17 heavy (non-hydrogen) atoms. The van der Waals surface area contributed by atoms with Crippen LogP contribution in [0.3, 0.4) is 0 Å². The smallest absolute Gasteiger partial charge is 0.217 e. The van der Waals surface area contributed by atoms with E-state index < -0.39 is 0 Å². The highest BCUT2D eigenvalue weighted by atomic mass is 16.1. The average molecular weight is 240 g/mol. The first-order valence-electron chi connectivity index (χ1n) is 6.88. The van der Waals surface area contributed by atoms with E-state index in [-0.39, 0.29) is 5.91 Å². The molecule has 0 aromatic rings. The summed E-state index contributed by atoms with van der Waals surface area (Å²) in [5.74, 6) is 2.20. The predicted molar refractivity (Wildman–Crippen MR) is 71.8 cm³/mol. The van der Waals surface area contributed by atoms with Gasteiger partial charge in [-0.25, -0.2) is 0 Å². The maximum atomic E-state index is 11.2. The van der Waals surface area contributed by atoms with Crippen LogP contribution in [0.4, 0.5) is 0 Å². The highest BCUT2D eigenvalue weighted by molar-refractivity contribution is 5.73. The quantitative estimate of drug-likeness (QED) is 0.816. The standard InChI is InChI=1S/C14H28N2O/c1-10(2)7-16-8-13(11(3)4)6-14(9-16)15-12(5)17/h10-11,13-14H,6-9H2,1-5H3,(H,15,17). The van der Waals surface area contributed by atoms with Crippen LogP contribution < -0.4 is 5.32 Å². The number of hydrogen-bond donors (Lipinski definition) is 1. The van der Waals surface area contributed by atoms with Crippen molar-refractivity contribution in [1.82, 2.24) is 10.2 Å². The fourth-order valence-corrected chi connectivity index (χ4v) is 2.77. The van der Waals surface area contributed by atoms with Gasteiger partial charge < -0.3 is 10.2 Å². The van der Waals surface area contributed by atoms with Crippen LogP contribution in [-0.4, -0.2) is 36.5 Å². The van der Waals surface area contributed by atoms with Crippen LogP contribution in [0.5, 0.6) is 0 Å². The normalized spacial score (nSPS) is 26.5. The van der Waals surface area contributed by atoms with E-state index in [2.05, 4.69) is 37.9 Å². The molecule has 0 bridgehead atoms. The minimum atomic E-state index is 0.101.